The highest BCUT2D eigenvalue weighted by atomic mass is 16.5. The molecule has 1 aliphatic heterocycles. The predicted molar refractivity (Wildman–Crippen MR) is 82.2 cm³/mol. The fourth-order valence-electron chi connectivity index (χ4n) is 2.58. The Morgan fingerprint density at radius 3 is 2.26 bits per heavy atom. The molecule has 2 aromatic rings. The first-order valence-electron chi connectivity index (χ1n) is 7.13. The van der Waals surface area contributed by atoms with Gasteiger partial charge in [0.25, 0.3) is 0 Å². The van der Waals surface area contributed by atoms with Crippen LogP contribution in [0.1, 0.15) is 12.8 Å². The quantitative estimate of drug-likeness (QED) is 0.899. The molecule has 0 bridgehead atoms. The van der Waals surface area contributed by atoms with Gasteiger partial charge in [0, 0.05) is 24.6 Å². The summed E-state index contributed by atoms with van der Waals surface area (Å²) in [6.45, 7) is 0.445. The minimum atomic E-state index is -0.447. The van der Waals surface area contributed by atoms with E-state index in [4.69, 9.17) is 13.9 Å². The molecule has 0 aliphatic carbocycles. The number of anilines is 1. The van der Waals surface area contributed by atoms with Crippen LogP contribution in [0.3, 0.4) is 0 Å². The molecule has 7 heteroatoms. The zero-order valence-corrected chi connectivity index (χ0v) is 12.8. The van der Waals surface area contributed by atoms with Crippen LogP contribution in [0, 0.1) is 0 Å². The second-order valence-electron chi connectivity index (χ2n) is 5.18. The number of carbonyl (C=O) groups is 1. The van der Waals surface area contributed by atoms with Crippen molar-refractivity contribution in [3.63, 3.8) is 0 Å². The average Bonchev–Trinajstić information content (AvgIpc) is 3.11. The van der Waals surface area contributed by atoms with Gasteiger partial charge < -0.3 is 24.1 Å². The zero-order valence-electron chi connectivity index (χ0n) is 12.8. The molecule has 0 spiro atoms. The average molecular weight is 319 g/mol. The molecule has 122 valence electrons. The van der Waals surface area contributed by atoms with Crippen molar-refractivity contribution in [2.24, 2.45) is 0 Å². The first-order chi connectivity index (χ1) is 11.0. The number of methoxy groups -OCH3 is 2. The Balaban J connectivity index is 2.09. The van der Waals surface area contributed by atoms with E-state index in [0.717, 1.165) is 0 Å². The molecule has 2 N–H and O–H groups in total. The first kappa shape index (κ1) is 15.1. The molecule has 2 heterocycles. The van der Waals surface area contributed by atoms with Crippen LogP contribution in [0.5, 0.6) is 23.0 Å². The van der Waals surface area contributed by atoms with Crippen molar-refractivity contribution in [3.05, 3.63) is 18.2 Å². The molecule has 1 aromatic heterocycles. The summed E-state index contributed by atoms with van der Waals surface area (Å²) in [7, 11) is 3.01. The minimum Gasteiger partial charge on any atom is -0.502 e. The Hall–Kier alpha value is -2.83. The second kappa shape index (κ2) is 5.75. The summed E-state index contributed by atoms with van der Waals surface area (Å²) in [5.41, 5.74) is 0.465. The molecule has 1 saturated heterocycles. The van der Waals surface area contributed by atoms with Crippen LogP contribution >= 0.6 is 0 Å². The van der Waals surface area contributed by atoms with E-state index in [0.29, 0.717) is 36.4 Å². The van der Waals surface area contributed by atoms with Crippen LogP contribution in [-0.2, 0) is 4.79 Å². The molecule has 23 heavy (non-hydrogen) atoms. The number of nitrogens with zero attached hydrogens (tertiary/aromatic N) is 1. The molecular weight excluding hydrogens is 302 g/mol. The molecule has 1 amide bonds. The lowest BCUT2D eigenvalue weighted by atomic mass is 10.1. The fourth-order valence-corrected chi connectivity index (χ4v) is 2.58. The number of hydrogen-bond acceptors (Lipinski definition) is 6. The molecule has 3 rings (SSSR count). The van der Waals surface area contributed by atoms with Crippen LogP contribution < -0.4 is 14.4 Å². The van der Waals surface area contributed by atoms with Crippen molar-refractivity contribution >= 4 is 11.8 Å². The molecule has 0 unspecified atom stereocenters. The van der Waals surface area contributed by atoms with Gasteiger partial charge in [-0.2, -0.15) is 0 Å². The van der Waals surface area contributed by atoms with E-state index in [1.807, 2.05) is 0 Å². The van der Waals surface area contributed by atoms with Crippen LogP contribution in [0.2, 0.25) is 0 Å². The third kappa shape index (κ3) is 2.54. The molecular formula is C16H17NO6. The van der Waals surface area contributed by atoms with Crippen LogP contribution in [0.25, 0.3) is 11.3 Å². The topological polar surface area (TPSA) is 92.4 Å². The predicted octanol–water partition coefficient (Wildman–Crippen LogP) is 2.50. The van der Waals surface area contributed by atoms with E-state index in [1.54, 1.807) is 18.2 Å². The van der Waals surface area contributed by atoms with Crippen LogP contribution in [-0.4, -0.2) is 36.9 Å². The van der Waals surface area contributed by atoms with Crippen molar-refractivity contribution in [1.82, 2.24) is 0 Å². The van der Waals surface area contributed by atoms with Gasteiger partial charge in [-0.15, -0.1) is 0 Å². The van der Waals surface area contributed by atoms with Gasteiger partial charge in [-0.1, -0.05) is 0 Å². The lowest BCUT2D eigenvalue weighted by Gasteiger charge is -2.11. The van der Waals surface area contributed by atoms with Crippen molar-refractivity contribution in [3.8, 4) is 34.3 Å². The standard InChI is InChI=1S/C16H17NO6/c1-21-10-6-9(7-11(8-10)22-2)15-13(19)14(20)16(23-15)17-5-3-4-12(17)18/h6-8,19-20H,3-5H2,1-2H3. The summed E-state index contributed by atoms with van der Waals surface area (Å²) in [4.78, 5) is 13.1. The largest absolute Gasteiger partial charge is 0.502 e. The number of aromatic hydroxyl groups is 2. The maximum absolute atomic E-state index is 11.8. The van der Waals surface area contributed by atoms with E-state index < -0.39 is 11.5 Å². The molecule has 1 aromatic carbocycles. The number of benzene rings is 1. The van der Waals surface area contributed by atoms with Crippen molar-refractivity contribution in [1.29, 1.82) is 0 Å². The van der Waals surface area contributed by atoms with E-state index in [9.17, 15) is 15.0 Å². The maximum atomic E-state index is 11.8. The highest BCUT2D eigenvalue weighted by Gasteiger charge is 2.31. The second-order valence-corrected chi connectivity index (χ2v) is 5.18. The number of rotatable bonds is 4. The summed E-state index contributed by atoms with van der Waals surface area (Å²) in [6, 6.07) is 4.94. The van der Waals surface area contributed by atoms with Gasteiger partial charge in [0.1, 0.15) is 11.5 Å². The Labute approximate surface area is 132 Å². The molecule has 0 radical (unpaired) electrons. The van der Waals surface area contributed by atoms with E-state index in [-0.39, 0.29) is 17.6 Å². The SMILES string of the molecule is COc1cc(OC)cc(-c2oc(N3CCCC3=O)c(O)c2O)c1. The Bertz CT molecular complexity index is 729. The van der Waals surface area contributed by atoms with Gasteiger partial charge in [-0.05, 0) is 18.6 Å². The number of ether oxygens (including phenoxy) is 2. The summed E-state index contributed by atoms with van der Waals surface area (Å²) < 4.78 is 15.9. The number of amides is 1. The third-order valence-corrected chi connectivity index (χ3v) is 3.77. The van der Waals surface area contributed by atoms with Gasteiger partial charge >= 0.3 is 0 Å². The minimum absolute atomic E-state index is 0.0400. The summed E-state index contributed by atoms with van der Waals surface area (Å²) >= 11 is 0. The van der Waals surface area contributed by atoms with Gasteiger partial charge in [0.2, 0.25) is 23.3 Å². The number of carbonyl (C=O) groups excluding carboxylic acids is 1. The van der Waals surface area contributed by atoms with Gasteiger partial charge in [0.05, 0.1) is 14.2 Å². The molecule has 1 aliphatic rings. The Kier molecular flexibility index (Phi) is 3.77. The Morgan fingerprint density at radius 2 is 1.74 bits per heavy atom. The molecule has 7 nitrogen and oxygen atoms in total. The van der Waals surface area contributed by atoms with E-state index in [2.05, 4.69) is 0 Å². The van der Waals surface area contributed by atoms with Gasteiger partial charge in [0.15, 0.2) is 5.76 Å². The monoisotopic (exact) mass is 319 g/mol. The Morgan fingerprint density at radius 1 is 1.09 bits per heavy atom. The normalized spacial score (nSPS) is 14.3. The van der Waals surface area contributed by atoms with Crippen molar-refractivity contribution < 1.29 is 28.9 Å². The fraction of sp³-hybridized carbons (Fsp3) is 0.312. The highest BCUT2D eigenvalue weighted by molar-refractivity contribution is 5.96. The van der Waals surface area contributed by atoms with Gasteiger partial charge in [-0.25, -0.2) is 0 Å². The first-order valence-corrected chi connectivity index (χ1v) is 7.13. The lowest BCUT2D eigenvalue weighted by molar-refractivity contribution is -0.117. The summed E-state index contributed by atoms with van der Waals surface area (Å²) in [5.74, 6) is 0.00827. The van der Waals surface area contributed by atoms with Crippen LogP contribution in [0.15, 0.2) is 22.6 Å². The summed E-state index contributed by atoms with van der Waals surface area (Å²) in [6.07, 6.45) is 1.07. The van der Waals surface area contributed by atoms with Gasteiger partial charge in [-0.3, -0.25) is 9.69 Å². The van der Waals surface area contributed by atoms with Crippen molar-refractivity contribution in [2.45, 2.75) is 12.8 Å². The van der Waals surface area contributed by atoms with E-state index >= 15 is 0 Å². The molecule has 0 atom stereocenters. The van der Waals surface area contributed by atoms with E-state index in [1.165, 1.54) is 19.1 Å². The zero-order chi connectivity index (χ0) is 16.6. The lowest BCUT2D eigenvalue weighted by Crippen LogP contribution is -2.23. The molecule has 1 fully saturated rings. The van der Waals surface area contributed by atoms with Crippen molar-refractivity contribution in [2.75, 3.05) is 25.7 Å². The summed E-state index contributed by atoms with van der Waals surface area (Å²) in [5, 5.41) is 20.3. The third-order valence-electron chi connectivity index (χ3n) is 3.77. The smallest absolute Gasteiger partial charge is 0.249 e. The number of hydrogen-bond donors (Lipinski definition) is 2. The maximum Gasteiger partial charge on any atom is 0.249 e. The highest BCUT2D eigenvalue weighted by Crippen LogP contribution is 2.48. The van der Waals surface area contributed by atoms with Crippen LogP contribution in [0.4, 0.5) is 5.88 Å². The molecule has 0 saturated carbocycles. The number of furan rings is 1.